The Morgan fingerprint density at radius 3 is 2.47 bits per heavy atom. The van der Waals surface area contributed by atoms with Crippen LogP contribution in [-0.2, 0) is 6.54 Å². The van der Waals surface area contributed by atoms with E-state index in [1.807, 2.05) is 29.2 Å². The van der Waals surface area contributed by atoms with Gasteiger partial charge < -0.3 is 19.1 Å². The van der Waals surface area contributed by atoms with Gasteiger partial charge in [-0.15, -0.1) is 11.3 Å². The van der Waals surface area contributed by atoms with Crippen molar-refractivity contribution >= 4 is 17.2 Å². The van der Waals surface area contributed by atoms with Crippen LogP contribution in [0.5, 0.6) is 17.2 Å². The van der Waals surface area contributed by atoms with E-state index in [1.54, 1.807) is 50.9 Å². The van der Waals surface area contributed by atoms with Crippen LogP contribution in [0.2, 0.25) is 0 Å². The Kier molecular flexibility index (Phi) is 6.92. The summed E-state index contributed by atoms with van der Waals surface area (Å²) in [6.45, 7) is 3.77. The maximum atomic E-state index is 12.9. The van der Waals surface area contributed by atoms with Crippen molar-refractivity contribution in [2.45, 2.75) is 6.54 Å². The molecule has 1 amide bonds. The molecule has 0 aliphatic carbocycles. The summed E-state index contributed by atoms with van der Waals surface area (Å²) in [7, 11) is 4.82. The van der Waals surface area contributed by atoms with Crippen LogP contribution in [0.1, 0.15) is 15.4 Å². The molecule has 2 aromatic carbocycles. The van der Waals surface area contributed by atoms with Crippen molar-refractivity contribution < 1.29 is 19.0 Å². The molecule has 1 aliphatic heterocycles. The second-order valence-corrected chi connectivity index (χ2v) is 8.44. The molecule has 3 aromatic rings. The summed E-state index contributed by atoms with van der Waals surface area (Å²) in [5.41, 5.74) is 2.63. The monoisotopic (exact) mass is 453 g/mol. The molecule has 0 saturated carbocycles. The van der Waals surface area contributed by atoms with Gasteiger partial charge in [0.05, 0.1) is 33.6 Å². The van der Waals surface area contributed by atoms with Gasteiger partial charge in [0.1, 0.15) is 10.8 Å². The zero-order valence-electron chi connectivity index (χ0n) is 18.5. The highest BCUT2D eigenvalue weighted by atomic mass is 32.1. The molecule has 0 spiro atoms. The molecule has 1 saturated heterocycles. The van der Waals surface area contributed by atoms with E-state index in [0.29, 0.717) is 30.2 Å². The van der Waals surface area contributed by atoms with E-state index in [4.69, 9.17) is 19.2 Å². The van der Waals surface area contributed by atoms with Crippen LogP contribution in [0, 0.1) is 0 Å². The Bertz CT molecular complexity index is 1080. The number of carbonyl (C=O) groups is 1. The zero-order chi connectivity index (χ0) is 22.5. The molecule has 0 atom stereocenters. The molecule has 1 aliphatic rings. The van der Waals surface area contributed by atoms with Gasteiger partial charge in [-0.25, -0.2) is 4.98 Å². The number of amides is 1. The van der Waals surface area contributed by atoms with Gasteiger partial charge in [-0.3, -0.25) is 9.69 Å². The molecule has 1 aromatic heterocycles. The lowest BCUT2D eigenvalue weighted by Crippen LogP contribution is -2.48. The molecule has 0 radical (unpaired) electrons. The number of hydrogen-bond acceptors (Lipinski definition) is 7. The molecule has 0 N–H and O–H groups in total. The van der Waals surface area contributed by atoms with Gasteiger partial charge in [0.2, 0.25) is 0 Å². The largest absolute Gasteiger partial charge is 0.497 e. The quantitative estimate of drug-likeness (QED) is 0.542. The topological polar surface area (TPSA) is 64.1 Å². The van der Waals surface area contributed by atoms with Gasteiger partial charge in [0, 0.05) is 42.7 Å². The van der Waals surface area contributed by atoms with Crippen molar-refractivity contribution in [3.05, 3.63) is 58.4 Å². The summed E-state index contributed by atoms with van der Waals surface area (Å²) in [6, 6.07) is 13.2. The average Bonchev–Trinajstić information content (AvgIpc) is 3.32. The van der Waals surface area contributed by atoms with Gasteiger partial charge in [-0.05, 0) is 30.3 Å². The van der Waals surface area contributed by atoms with Gasteiger partial charge in [0.25, 0.3) is 5.91 Å². The fraction of sp³-hybridized carbons (Fsp3) is 0.333. The Labute approximate surface area is 192 Å². The van der Waals surface area contributed by atoms with Crippen LogP contribution in [0.4, 0.5) is 0 Å². The van der Waals surface area contributed by atoms with Crippen molar-refractivity contribution in [2.24, 2.45) is 0 Å². The second-order valence-electron chi connectivity index (χ2n) is 7.50. The highest BCUT2D eigenvalue weighted by Crippen LogP contribution is 2.29. The third-order valence-electron chi connectivity index (χ3n) is 5.57. The van der Waals surface area contributed by atoms with Crippen LogP contribution in [-0.4, -0.2) is 68.2 Å². The maximum Gasteiger partial charge on any atom is 0.254 e. The Morgan fingerprint density at radius 2 is 1.75 bits per heavy atom. The molecule has 32 heavy (non-hydrogen) atoms. The zero-order valence-corrected chi connectivity index (χ0v) is 19.4. The Hall–Kier alpha value is -3.10. The van der Waals surface area contributed by atoms with E-state index in [1.165, 1.54) is 0 Å². The Morgan fingerprint density at radius 1 is 0.969 bits per heavy atom. The van der Waals surface area contributed by atoms with Gasteiger partial charge in [-0.1, -0.05) is 12.1 Å². The first kappa shape index (κ1) is 22.1. The van der Waals surface area contributed by atoms with Crippen LogP contribution in [0.3, 0.4) is 0 Å². The van der Waals surface area contributed by atoms with E-state index < -0.39 is 0 Å². The van der Waals surface area contributed by atoms with Crippen LogP contribution in [0.25, 0.3) is 11.3 Å². The number of rotatable bonds is 7. The predicted molar refractivity (Wildman–Crippen MR) is 125 cm³/mol. The summed E-state index contributed by atoms with van der Waals surface area (Å²) >= 11 is 1.66. The van der Waals surface area contributed by atoms with E-state index in [0.717, 1.165) is 41.6 Å². The van der Waals surface area contributed by atoms with E-state index in [-0.39, 0.29) is 5.91 Å². The first-order chi connectivity index (χ1) is 15.6. The molecule has 168 valence electrons. The minimum atomic E-state index is 0.0140. The van der Waals surface area contributed by atoms with Gasteiger partial charge >= 0.3 is 0 Å². The summed E-state index contributed by atoms with van der Waals surface area (Å²) in [4.78, 5) is 22.0. The van der Waals surface area contributed by atoms with E-state index in [2.05, 4.69) is 10.3 Å². The average molecular weight is 454 g/mol. The van der Waals surface area contributed by atoms with Gasteiger partial charge in [-0.2, -0.15) is 0 Å². The van der Waals surface area contributed by atoms with Crippen LogP contribution < -0.4 is 14.2 Å². The van der Waals surface area contributed by atoms with E-state index >= 15 is 0 Å². The fourth-order valence-corrected chi connectivity index (χ4v) is 4.60. The lowest BCUT2D eigenvalue weighted by Gasteiger charge is -2.34. The number of carbonyl (C=O) groups excluding carboxylic acids is 1. The summed E-state index contributed by atoms with van der Waals surface area (Å²) in [5.74, 6) is 2.02. The molecular formula is C24H27N3O4S. The number of benzene rings is 2. The van der Waals surface area contributed by atoms with Crippen molar-refractivity contribution in [3.63, 3.8) is 0 Å². The number of hydrogen-bond donors (Lipinski definition) is 0. The Balaban J connectivity index is 1.34. The molecule has 7 nitrogen and oxygen atoms in total. The SMILES string of the molecule is COc1cccc(-c2csc(CN3CCN(C(=O)c4ccc(OC)c(OC)c4)CC3)n2)c1. The predicted octanol–water partition coefficient (Wildman–Crippen LogP) is 3.79. The number of piperazine rings is 1. The highest BCUT2D eigenvalue weighted by molar-refractivity contribution is 7.09. The molecule has 1 fully saturated rings. The van der Waals surface area contributed by atoms with Crippen molar-refractivity contribution in [3.8, 4) is 28.5 Å². The summed E-state index contributed by atoms with van der Waals surface area (Å²) < 4.78 is 15.9. The van der Waals surface area contributed by atoms with Crippen molar-refractivity contribution in [1.29, 1.82) is 0 Å². The third kappa shape index (κ3) is 4.87. The lowest BCUT2D eigenvalue weighted by molar-refractivity contribution is 0.0628. The smallest absolute Gasteiger partial charge is 0.254 e. The van der Waals surface area contributed by atoms with Crippen molar-refractivity contribution in [2.75, 3.05) is 47.5 Å². The lowest BCUT2D eigenvalue weighted by atomic mass is 10.1. The second kappa shape index (κ2) is 10.0. The minimum Gasteiger partial charge on any atom is -0.497 e. The number of aromatic nitrogens is 1. The highest BCUT2D eigenvalue weighted by Gasteiger charge is 2.23. The number of methoxy groups -OCH3 is 3. The van der Waals surface area contributed by atoms with Crippen LogP contribution in [0.15, 0.2) is 47.8 Å². The van der Waals surface area contributed by atoms with Crippen molar-refractivity contribution in [1.82, 2.24) is 14.8 Å². The van der Waals surface area contributed by atoms with Gasteiger partial charge in [0.15, 0.2) is 11.5 Å². The molecule has 4 rings (SSSR count). The van der Waals surface area contributed by atoms with E-state index in [9.17, 15) is 4.79 Å². The first-order valence-corrected chi connectivity index (χ1v) is 11.3. The minimum absolute atomic E-state index is 0.0140. The number of thiazole rings is 1. The molecule has 0 unspecified atom stereocenters. The molecular weight excluding hydrogens is 426 g/mol. The number of ether oxygens (including phenoxy) is 3. The summed E-state index contributed by atoms with van der Waals surface area (Å²) in [5, 5.41) is 3.16. The standard InChI is InChI=1S/C24H27N3O4S/c1-29-19-6-4-5-17(13-19)20-16-32-23(25-20)15-26-9-11-27(12-10-26)24(28)18-7-8-21(30-2)22(14-18)31-3/h4-8,13-14,16H,9-12,15H2,1-3H3. The fourth-order valence-electron chi connectivity index (χ4n) is 3.75. The number of nitrogens with zero attached hydrogens (tertiary/aromatic N) is 3. The maximum absolute atomic E-state index is 12.9. The van der Waals surface area contributed by atoms with Crippen LogP contribution >= 0.6 is 11.3 Å². The molecule has 2 heterocycles. The first-order valence-electron chi connectivity index (χ1n) is 10.4. The molecule has 8 heteroatoms. The molecule has 0 bridgehead atoms. The normalized spacial score (nSPS) is 14.3. The third-order valence-corrected chi connectivity index (χ3v) is 6.40. The summed E-state index contributed by atoms with van der Waals surface area (Å²) in [6.07, 6.45) is 0.